The van der Waals surface area contributed by atoms with E-state index in [1.807, 2.05) is 43.3 Å². The first-order valence-electron chi connectivity index (χ1n) is 7.78. The van der Waals surface area contributed by atoms with Gasteiger partial charge in [0.1, 0.15) is 17.0 Å². The second-order valence-corrected chi connectivity index (χ2v) is 5.69. The minimum atomic E-state index is -0.566. The number of rotatable bonds is 5. The summed E-state index contributed by atoms with van der Waals surface area (Å²) in [6, 6.07) is 11.8. The Bertz CT molecular complexity index is 630. The van der Waals surface area contributed by atoms with E-state index in [2.05, 4.69) is 15.8 Å². The van der Waals surface area contributed by atoms with Crippen molar-refractivity contribution < 1.29 is 9.32 Å². The predicted octanol–water partition coefficient (Wildman–Crippen LogP) is 2.14. The summed E-state index contributed by atoms with van der Waals surface area (Å²) in [5.74, 6) is 0.782. The Hall–Kier alpha value is -2.14. The molecule has 0 bridgehead atoms. The Morgan fingerprint density at radius 1 is 1.41 bits per heavy atom. The van der Waals surface area contributed by atoms with E-state index in [1.165, 1.54) is 0 Å². The third-order valence-corrected chi connectivity index (χ3v) is 4.12. The Balaban J connectivity index is 1.80. The quantitative estimate of drug-likeness (QED) is 0.887. The van der Waals surface area contributed by atoms with Crippen LogP contribution >= 0.6 is 0 Å². The van der Waals surface area contributed by atoms with Crippen LogP contribution in [-0.4, -0.2) is 29.7 Å². The molecule has 1 amide bonds. The molecule has 22 heavy (non-hydrogen) atoms. The van der Waals surface area contributed by atoms with E-state index in [-0.39, 0.29) is 5.91 Å². The second-order valence-electron chi connectivity index (χ2n) is 5.69. The number of aromatic nitrogens is 1. The van der Waals surface area contributed by atoms with E-state index < -0.39 is 5.54 Å². The minimum Gasteiger partial charge on any atom is -0.361 e. The van der Waals surface area contributed by atoms with Crippen molar-refractivity contribution in [2.45, 2.75) is 31.7 Å². The molecular weight excluding hydrogens is 278 g/mol. The zero-order valence-corrected chi connectivity index (χ0v) is 12.8. The standard InChI is InChI=1S/C17H21N3O2/c1-2-18-16(21)17(9-6-10-19-17)12-14-11-15(20-22-14)13-7-4-3-5-8-13/h3-5,7-8,11,19H,2,6,9-10,12H2,1H3,(H,18,21)/t17-/m0/s1. The van der Waals surface area contributed by atoms with Crippen molar-refractivity contribution >= 4 is 5.91 Å². The normalized spacial score (nSPS) is 21.0. The molecule has 2 N–H and O–H groups in total. The maximum atomic E-state index is 12.4. The van der Waals surface area contributed by atoms with Gasteiger partial charge in [-0.25, -0.2) is 0 Å². The number of hydrogen-bond acceptors (Lipinski definition) is 4. The summed E-state index contributed by atoms with van der Waals surface area (Å²) in [5, 5.41) is 10.4. The predicted molar refractivity (Wildman–Crippen MR) is 84.3 cm³/mol. The molecule has 1 aromatic heterocycles. The van der Waals surface area contributed by atoms with Crippen LogP contribution in [0.25, 0.3) is 11.3 Å². The molecule has 0 unspecified atom stereocenters. The van der Waals surface area contributed by atoms with Crippen LogP contribution in [0, 0.1) is 0 Å². The van der Waals surface area contributed by atoms with Crippen LogP contribution in [-0.2, 0) is 11.2 Å². The average Bonchev–Trinajstić information content (AvgIpc) is 3.19. The van der Waals surface area contributed by atoms with Gasteiger partial charge in [-0.05, 0) is 26.3 Å². The lowest BCUT2D eigenvalue weighted by atomic mass is 9.90. The number of benzene rings is 1. The van der Waals surface area contributed by atoms with Crippen molar-refractivity contribution in [3.63, 3.8) is 0 Å². The molecule has 0 radical (unpaired) electrons. The van der Waals surface area contributed by atoms with E-state index in [0.29, 0.717) is 13.0 Å². The number of amides is 1. The first-order chi connectivity index (χ1) is 10.7. The first kappa shape index (κ1) is 14.8. The molecule has 1 atom stereocenters. The van der Waals surface area contributed by atoms with E-state index in [1.54, 1.807) is 0 Å². The van der Waals surface area contributed by atoms with E-state index >= 15 is 0 Å². The Kier molecular flexibility index (Phi) is 4.24. The highest BCUT2D eigenvalue weighted by atomic mass is 16.5. The summed E-state index contributed by atoms with van der Waals surface area (Å²) in [6.45, 7) is 3.42. The number of nitrogens with zero attached hydrogens (tertiary/aromatic N) is 1. The molecule has 2 aromatic rings. The fraction of sp³-hybridized carbons (Fsp3) is 0.412. The second kappa shape index (κ2) is 6.32. The number of carbonyl (C=O) groups is 1. The van der Waals surface area contributed by atoms with E-state index in [9.17, 15) is 4.79 Å². The van der Waals surface area contributed by atoms with Gasteiger partial charge in [0, 0.05) is 24.6 Å². The molecular formula is C17H21N3O2. The van der Waals surface area contributed by atoms with E-state index in [4.69, 9.17) is 4.52 Å². The summed E-state index contributed by atoms with van der Waals surface area (Å²) in [4.78, 5) is 12.4. The molecule has 3 rings (SSSR count). The smallest absolute Gasteiger partial charge is 0.240 e. The van der Waals surface area contributed by atoms with Crippen molar-refractivity contribution in [3.8, 4) is 11.3 Å². The van der Waals surface area contributed by atoms with Crippen LogP contribution in [0.2, 0.25) is 0 Å². The third-order valence-electron chi connectivity index (χ3n) is 4.12. The molecule has 1 aliphatic heterocycles. The third kappa shape index (κ3) is 2.90. The van der Waals surface area contributed by atoms with Gasteiger partial charge in [-0.1, -0.05) is 35.5 Å². The molecule has 1 aromatic carbocycles. The van der Waals surface area contributed by atoms with Gasteiger partial charge in [-0.2, -0.15) is 0 Å². The summed E-state index contributed by atoms with van der Waals surface area (Å²) in [5.41, 5.74) is 1.26. The Morgan fingerprint density at radius 3 is 2.91 bits per heavy atom. The van der Waals surface area contributed by atoms with Crippen molar-refractivity contribution in [1.29, 1.82) is 0 Å². The summed E-state index contributed by atoms with van der Waals surface area (Å²) in [7, 11) is 0. The molecule has 5 heteroatoms. The topological polar surface area (TPSA) is 67.2 Å². The minimum absolute atomic E-state index is 0.0464. The van der Waals surface area contributed by atoms with Gasteiger partial charge in [0.2, 0.25) is 5.91 Å². The fourth-order valence-corrected chi connectivity index (χ4v) is 3.00. The van der Waals surface area contributed by atoms with Gasteiger partial charge < -0.3 is 15.2 Å². The molecule has 1 aliphatic rings. The van der Waals surface area contributed by atoms with Crippen LogP contribution < -0.4 is 10.6 Å². The number of nitrogens with one attached hydrogen (secondary N) is 2. The van der Waals surface area contributed by atoms with Gasteiger partial charge >= 0.3 is 0 Å². The maximum Gasteiger partial charge on any atom is 0.240 e. The molecule has 2 heterocycles. The molecule has 0 aliphatic carbocycles. The van der Waals surface area contributed by atoms with Crippen LogP contribution in [0.5, 0.6) is 0 Å². The SMILES string of the molecule is CCNC(=O)[C@@]1(Cc2cc(-c3ccccc3)no2)CCCN1. The number of likely N-dealkylation sites (N-methyl/N-ethyl adjacent to an activating group) is 1. The highest BCUT2D eigenvalue weighted by Gasteiger charge is 2.41. The Morgan fingerprint density at radius 2 is 2.23 bits per heavy atom. The average molecular weight is 299 g/mol. The lowest BCUT2D eigenvalue weighted by Crippen LogP contribution is -2.55. The van der Waals surface area contributed by atoms with Crippen molar-refractivity contribution in [2.24, 2.45) is 0 Å². The monoisotopic (exact) mass is 299 g/mol. The van der Waals surface area contributed by atoms with Gasteiger partial charge in [0.05, 0.1) is 0 Å². The van der Waals surface area contributed by atoms with E-state index in [0.717, 1.165) is 36.4 Å². The Labute approximate surface area is 130 Å². The number of carbonyl (C=O) groups excluding carboxylic acids is 1. The summed E-state index contributed by atoms with van der Waals surface area (Å²) < 4.78 is 5.46. The van der Waals surface area contributed by atoms with Gasteiger partial charge in [0.15, 0.2) is 0 Å². The highest BCUT2D eigenvalue weighted by Crippen LogP contribution is 2.27. The van der Waals surface area contributed by atoms with Crippen molar-refractivity contribution in [2.75, 3.05) is 13.1 Å². The molecule has 1 fully saturated rings. The number of hydrogen-bond donors (Lipinski definition) is 2. The van der Waals surface area contributed by atoms with Crippen LogP contribution in [0.4, 0.5) is 0 Å². The summed E-state index contributed by atoms with van der Waals surface area (Å²) in [6.07, 6.45) is 2.34. The molecule has 0 spiro atoms. The molecule has 0 saturated carbocycles. The summed E-state index contributed by atoms with van der Waals surface area (Å²) >= 11 is 0. The first-order valence-corrected chi connectivity index (χ1v) is 7.78. The highest BCUT2D eigenvalue weighted by molar-refractivity contribution is 5.87. The molecule has 1 saturated heterocycles. The van der Waals surface area contributed by atoms with Crippen LogP contribution in [0.15, 0.2) is 40.9 Å². The lowest BCUT2D eigenvalue weighted by molar-refractivity contribution is -0.127. The van der Waals surface area contributed by atoms with Gasteiger partial charge in [-0.15, -0.1) is 0 Å². The zero-order chi connectivity index (χ0) is 15.4. The van der Waals surface area contributed by atoms with Crippen molar-refractivity contribution in [1.82, 2.24) is 15.8 Å². The molecule has 116 valence electrons. The van der Waals surface area contributed by atoms with Gasteiger partial charge in [0.25, 0.3) is 0 Å². The van der Waals surface area contributed by atoms with Crippen LogP contribution in [0.3, 0.4) is 0 Å². The van der Waals surface area contributed by atoms with Crippen molar-refractivity contribution in [3.05, 3.63) is 42.2 Å². The zero-order valence-electron chi connectivity index (χ0n) is 12.8. The lowest BCUT2D eigenvalue weighted by Gasteiger charge is -2.26. The van der Waals surface area contributed by atoms with Crippen LogP contribution in [0.1, 0.15) is 25.5 Å². The maximum absolute atomic E-state index is 12.4. The van der Waals surface area contributed by atoms with Gasteiger partial charge in [-0.3, -0.25) is 4.79 Å². The fourth-order valence-electron chi connectivity index (χ4n) is 3.00. The largest absolute Gasteiger partial charge is 0.361 e. The molecule has 5 nitrogen and oxygen atoms in total.